The second-order valence-corrected chi connectivity index (χ2v) is 7.84. The molecular weight excluding hydrogens is 385 g/mol. The number of aromatic nitrogens is 2. The zero-order chi connectivity index (χ0) is 18.9. The van der Waals surface area contributed by atoms with Crippen LogP contribution in [0, 0.1) is 5.82 Å². The largest absolute Gasteiger partial charge is 0.489 e. The third-order valence-electron chi connectivity index (χ3n) is 3.59. The fourth-order valence-corrected chi connectivity index (χ4v) is 3.91. The number of nitrogens with zero attached hydrogens (tertiary/aromatic N) is 2. The molecule has 0 unspecified atom stereocenters. The first-order valence-electron chi connectivity index (χ1n) is 8.38. The van der Waals surface area contributed by atoms with E-state index in [-0.39, 0.29) is 5.82 Å². The molecule has 0 saturated carbocycles. The summed E-state index contributed by atoms with van der Waals surface area (Å²) in [4.78, 5) is 0. The van der Waals surface area contributed by atoms with Gasteiger partial charge in [-0.2, -0.15) is 0 Å². The van der Waals surface area contributed by atoms with Gasteiger partial charge in [0.25, 0.3) is 0 Å². The number of ether oxygens (including phenoxy) is 2. The van der Waals surface area contributed by atoms with Crippen LogP contribution in [0.5, 0.6) is 5.75 Å². The molecule has 142 valence electrons. The van der Waals surface area contributed by atoms with Crippen molar-refractivity contribution in [2.75, 3.05) is 25.6 Å². The van der Waals surface area contributed by atoms with Crippen LogP contribution in [0.15, 0.2) is 52.9 Å². The molecule has 1 heterocycles. The lowest BCUT2D eigenvalue weighted by molar-refractivity contribution is 0.211. The lowest BCUT2D eigenvalue weighted by atomic mass is 10.2. The molecule has 5 nitrogen and oxygen atoms in total. The molecule has 3 aromatic rings. The summed E-state index contributed by atoms with van der Waals surface area (Å²) in [6.07, 6.45) is 0. The number of benzene rings is 2. The Morgan fingerprint density at radius 2 is 1.78 bits per heavy atom. The van der Waals surface area contributed by atoms with Gasteiger partial charge < -0.3 is 14.8 Å². The number of nitrogens with one attached hydrogen (secondary N) is 1. The van der Waals surface area contributed by atoms with Crippen molar-refractivity contribution in [3.63, 3.8) is 0 Å². The fourth-order valence-electron chi connectivity index (χ4n) is 2.17. The summed E-state index contributed by atoms with van der Waals surface area (Å²) >= 11 is 3.18. The van der Waals surface area contributed by atoms with Gasteiger partial charge in [0, 0.05) is 19.4 Å². The van der Waals surface area contributed by atoms with Gasteiger partial charge >= 0.3 is 0 Å². The zero-order valence-electron chi connectivity index (χ0n) is 14.9. The quantitative estimate of drug-likeness (QED) is 0.393. The minimum atomic E-state index is -0.242. The van der Waals surface area contributed by atoms with Gasteiger partial charge in [0.15, 0.2) is 4.34 Å². The van der Waals surface area contributed by atoms with E-state index in [1.165, 1.54) is 29.0 Å². The first-order chi connectivity index (χ1) is 13.2. The third kappa shape index (κ3) is 6.50. The van der Waals surface area contributed by atoms with Crippen LogP contribution in [0.2, 0.25) is 0 Å². The first kappa shape index (κ1) is 19.6. The molecule has 0 aliphatic rings. The molecule has 0 bridgehead atoms. The van der Waals surface area contributed by atoms with Crippen LogP contribution in [0.25, 0.3) is 0 Å². The summed E-state index contributed by atoms with van der Waals surface area (Å²) in [5.74, 6) is 1.35. The number of rotatable bonds is 10. The van der Waals surface area contributed by atoms with Crippen molar-refractivity contribution in [3.8, 4) is 5.75 Å². The van der Waals surface area contributed by atoms with Gasteiger partial charge in [0.1, 0.15) is 18.2 Å². The molecular formula is C19H20FN3O2S2. The van der Waals surface area contributed by atoms with E-state index in [1.54, 1.807) is 31.0 Å². The van der Waals surface area contributed by atoms with E-state index in [9.17, 15) is 4.39 Å². The third-order valence-corrected chi connectivity index (χ3v) is 5.68. The maximum absolute atomic E-state index is 12.9. The molecule has 0 fully saturated rings. The SMILES string of the molecule is COCCNc1nnc(SCc2ccc(OCc3ccc(F)cc3)cc2)s1. The normalized spacial score (nSPS) is 10.7. The Kier molecular flexibility index (Phi) is 7.44. The van der Waals surface area contributed by atoms with Crippen LogP contribution < -0.4 is 10.1 Å². The second kappa shape index (κ2) is 10.2. The van der Waals surface area contributed by atoms with Gasteiger partial charge in [-0.15, -0.1) is 10.2 Å². The van der Waals surface area contributed by atoms with Crippen molar-refractivity contribution in [2.45, 2.75) is 16.7 Å². The van der Waals surface area contributed by atoms with Gasteiger partial charge in [-0.1, -0.05) is 47.4 Å². The number of hydrogen-bond acceptors (Lipinski definition) is 7. The highest BCUT2D eigenvalue weighted by molar-refractivity contribution is 8.00. The van der Waals surface area contributed by atoms with Crippen LogP contribution in [-0.2, 0) is 17.1 Å². The number of halogens is 1. The molecule has 0 amide bonds. The summed E-state index contributed by atoms with van der Waals surface area (Å²) in [6.45, 7) is 1.77. The van der Waals surface area contributed by atoms with Crippen molar-refractivity contribution in [2.24, 2.45) is 0 Å². The molecule has 8 heteroatoms. The number of thioether (sulfide) groups is 1. The number of anilines is 1. The van der Waals surface area contributed by atoms with Crippen molar-refractivity contribution in [3.05, 3.63) is 65.5 Å². The standard InChI is InChI=1S/C19H20FN3O2S2/c1-24-11-10-21-18-22-23-19(27-18)26-13-15-4-8-17(9-5-15)25-12-14-2-6-16(20)7-3-14/h2-9H,10-13H2,1H3,(H,21,22). The predicted molar refractivity (Wildman–Crippen MR) is 107 cm³/mol. The highest BCUT2D eigenvalue weighted by Crippen LogP contribution is 2.28. The summed E-state index contributed by atoms with van der Waals surface area (Å²) in [6, 6.07) is 14.3. The molecule has 3 rings (SSSR count). The summed E-state index contributed by atoms with van der Waals surface area (Å²) < 4.78 is 24.6. The molecule has 0 aliphatic carbocycles. The van der Waals surface area contributed by atoms with E-state index in [0.717, 1.165) is 33.1 Å². The van der Waals surface area contributed by atoms with Crippen molar-refractivity contribution >= 4 is 28.2 Å². The Bertz CT molecular complexity index is 826. The van der Waals surface area contributed by atoms with Crippen LogP contribution >= 0.6 is 23.1 Å². The van der Waals surface area contributed by atoms with Crippen LogP contribution in [0.3, 0.4) is 0 Å². The average molecular weight is 406 g/mol. The fraction of sp³-hybridized carbons (Fsp3) is 0.263. The van der Waals surface area contributed by atoms with Crippen molar-refractivity contribution in [1.82, 2.24) is 10.2 Å². The molecule has 2 aromatic carbocycles. The van der Waals surface area contributed by atoms with E-state index < -0.39 is 0 Å². The lowest BCUT2D eigenvalue weighted by Gasteiger charge is -2.07. The summed E-state index contributed by atoms with van der Waals surface area (Å²) in [7, 11) is 1.67. The Balaban J connectivity index is 1.44. The topological polar surface area (TPSA) is 56.3 Å². The minimum Gasteiger partial charge on any atom is -0.489 e. The first-order valence-corrected chi connectivity index (χ1v) is 10.2. The van der Waals surface area contributed by atoms with Crippen LogP contribution in [0.1, 0.15) is 11.1 Å². The van der Waals surface area contributed by atoms with E-state index >= 15 is 0 Å². The van der Waals surface area contributed by atoms with E-state index in [4.69, 9.17) is 9.47 Å². The summed E-state index contributed by atoms with van der Waals surface area (Å²) in [5.41, 5.74) is 2.11. The molecule has 0 atom stereocenters. The van der Waals surface area contributed by atoms with Crippen molar-refractivity contribution in [1.29, 1.82) is 0 Å². The van der Waals surface area contributed by atoms with Gasteiger partial charge in [-0.05, 0) is 35.4 Å². The molecule has 0 aliphatic heterocycles. The van der Waals surface area contributed by atoms with E-state index in [2.05, 4.69) is 15.5 Å². The van der Waals surface area contributed by atoms with Crippen molar-refractivity contribution < 1.29 is 13.9 Å². The Hall–Kier alpha value is -2.16. The lowest BCUT2D eigenvalue weighted by Crippen LogP contribution is -2.06. The minimum absolute atomic E-state index is 0.242. The highest BCUT2D eigenvalue weighted by atomic mass is 32.2. The molecule has 27 heavy (non-hydrogen) atoms. The molecule has 0 saturated heterocycles. The average Bonchev–Trinajstić information content (AvgIpc) is 3.15. The Morgan fingerprint density at radius 1 is 1.04 bits per heavy atom. The van der Waals surface area contributed by atoms with E-state index in [1.807, 2.05) is 24.3 Å². The maximum Gasteiger partial charge on any atom is 0.206 e. The Morgan fingerprint density at radius 3 is 2.52 bits per heavy atom. The van der Waals surface area contributed by atoms with Gasteiger partial charge in [0.2, 0.25) is 5.13 Å². The Labute approximate surface area is 165 Å². The number of hydrogen-bond donors (Lipinski definition) is 1. The monoisotopic (exact) mass is 405 g/mol. The van der Waals surface area contributed by atoms with Crippen LogP contribution in [0.4, 0.5) is 9.52 Å². The number of methoxy groups -OCH3 is 1. The van der Waals surface area contributed by atoms with E-state index in [0.29, 0.717) is 13.2 Å². The smallest absolute Gasteiger partial charge is 0.206 e. The molecule has 1 aromatic heterocycles. The molecule has 0 spiro atoms. The zero-order valence-corrected chi connectivity index (χ0v) is 16.5. The molecule has 0 radical (unpaired) electrons. The summed E-state index contributed by atoms with van der Waals surface area (Å²) in [5, 5.41) is 12.3. The predicted octanol–water partition coefficient (Wildman–Crippen LogP) is 4.61. The highest BCUT2D eigenvalue weighted by Gasteiger charge is 2.05. The van der Waals surface area contributed by atoms with Gasteiger partial charge in [0.05, 0.1) is 6.61 Å². The molecule has 1 N–H and O–H groups in total. The maximum atomic E-state index is 12.9. The van der Waals surface area contributed by atoms with Crippen LogP contribution in [-0.4, -0.2) is 30.5 Å². The van der Waals surface area contributed by atoms with Gasteiger partial charge in [-0.3, -0.25) is 0 Å². The second-order valence-electron chi connectivity index (χ2n) is 5.64. The van der Waals surface area contributed by atoms with Gasteiger partial charge in [-0.25, -0.2) is 4.39 Å².